The molecule has 2 aromatic carbocycles. The van der Waals surface area contributed by atoms with Crippen molar-refractivity contribution in [1.82, 2.24) is 9.55 Å². The van der Waals surface area contributed by atoms with E-state index in [2.05, 4.69) is 26.5 Å². The monoisotopic (exact) mass is 273 g/mol. The van der Waals surface area contributed by atoms with Crippen LogP contribution in [-0.2, 0) is 0 Å². The molecular weight excluding hydrogens is 258 g/mol. The van der Waals surface area contributed by atoms with E-state index in [-0.39, 0.29) is 0 Å². The SMILES string of the molecule is [C-]#[N+]c1cc(C)c(-n2ccnc2-c2ccccc2)c(C)c1. The highest BCUT2D eigenvalue weighted by Crippen LogP contribution is 2.29. The zero-order chi connectivity index (χ0) is 14.8. The third kappa shape index (κ3) is 2.32. The molecule has 0 spiro atoms. The fourth-order valence-electron chi connectivity index (χ4n) is 2.66. The molecule has 0 aliphatic heterocycles. The zero-order valence-electron chi connectivity index (χ0n) is 12.0. The number of hydrogen-bond donors (Lipinski definition) is 0. The Kier molecular flexibility index (Phi) is 3.29. The maximum absolute atomic E-state index is 7.16. The van der Waals surface area contributed by atoms with Crippen molar-refractivity contribution in [1.29, 1.82) is 0 Å². The van der Waals surface area contributed by atoms with Gasteiger partial charge in [0.05, 0.1) is 12.3 Å². The number of aryl methyl sites for hydroxylation is 2. The Bertz CT molecular complexity index is 800. The van der Waals surface area contributed by atoms with Crippen molar-refractivity contribution in [3.8, 4) is 17.1 Å². The summed E-state index contributed by atoms with van der Waals surface area (Å²) in [5.41, 5.74) is 5.01. The molecule has 0 atom stereocenters. The molecule has 0 aliphatic rings. The van der Waals surface area contributed by atoms with Gasteiger partial charge in [0.15, 0.2) is 5.69 Å². The Hall–Kier alpha value is -2.86. The van der Waals surface area contributed by atoms with Crippen LogP contribution >= 0.6 is 0 Å². The molecule has 3 rings (SSSR count). The number of benzene rings is 2. The van der Waals surface area contributed by atoms with Gasteiger partial charge in [0.25, 0.3) is 0 Å². The molecule has 0 aliphatic carbocycles. The van der Waals surface area contributed by atoms with E-state index in [9.17, 15) is 0 Å². The summed E-state index contributed by atoms with van der Waals surface area (Å²) < 4.78 is 2.09. The first-order valence-electron chi connectivity index (χ1n) is 6.78. The van der Waals surface area contributed by atoms with Gasteiger partial charge in [-0.15, -0.1) is 0 Å². The van der Waals surface area contributed by atoms with Gasteiger partial charge >= 0.3 is 0 Å². The van der Waals surface area contributed by atoms with E-state index in [1.807, 2.05) is 56.6 Å². The predicted octanol–water partition coefficient (Wildman–Crippen LogP) is 4.71. The van der Waals surface area contributed by atoms with E-state index in [0.29, 0.717) is 5.69 Å². The topological polar surface area (TPSA) is 22.2 Å². The van der Waals surface area contributed by atoms with Crippen LogP contribution in [0.1, 0.15) is 11.1 Å². The largest absolute Gasteiger partial charge is 0.299 e. The van der Waals surface area contributed by atoms with Crippen LogP contribution in [0.25, 0.3) is 21.9 Å². The van der Waals surface area contributed by atoms with Gasteiger partial charge < -0.3 is 0 Å². The molecule has 0 N–H and O–H groups in total. The van der Waals surface area contributed by atoms with E-state index in [0.717, 1.165) is 28.2 Å². The summed E-state index contributed by atoms with van der Waals surface area (Å²) in [6.07, 6.45) is 3.78. The third-order valence-electron chi connectivity index (χ3n) is 3.52. The van der Waals surface area contributed by atoms with E-state index in [4.69, 9.17) is 6.57 Å². The number of imidazole rings is 1. The van der Waals surface area contributed by atoms with Crippen LogP contribution in [0, 0.1) is 20.4 Å². The van der Waals surface area contributed by atoms with Crippen LogP contribution in [0.3, 0.4) is 0 Å². The highest BCUT2D eigenvalue weighted by molar-refractivity contribution is 5.64. The van der Waals surface area contributed by atoms with E-state index in [1.165, 1.54) is 0 Å². The third-order valence-corrected chi connectivity index (χ3v) is 3.52. The van der Waals surface area contributed by atoms with E-state index < -0.39 is 0 Å². The molecule has 0 bridgehead atoms. The lowest BCUT2D eigenvalue weighted by atomic mass is 10.1. The second-order valence-corrected chi connectivity index (χ2v) is 5.03. The first-order chi connectivity index (χ1) is 10.2. The second kappa shape index (κ2) is 5.26. The van der Waals surface area contributed by atoms with Gasteiger partial charge in [-0.1, -0.05) is 42.5 Å². The van der Waals surface area contributed by atoms with Crippen LogP contribution in [0.5, 0.6) is 0 Å². The summed E-state index contributed by atoms with van der Waals surface area (Å²) >= 11 is 0. The quantitative estimate of drug-likeness (QED) is 0.620. The maximum Gasteiger partial charge on any atom is 0.187 e. The molecule has 102 valence electrons. The molecule has 1 heterocycles. The van der Waals surface area contributed by atoms with Crippen molar-refractivity contribution in [2.24, 2.45) is 0 Å². The lowest BCUT2D eigenvalue weighted by molar-refractivity contribution is 1.03. The minimum Gasteiger partial charge on any atom is -0.299 e. The number of rotatable bonds is 2. The minimum atomic E-state index is 0.676. The van der Waals surface area contributed by atoms with Crippen LogP contribution in [0.2, 0.25) is 0 Å². The summed E-state index contributed by atoms with van der Waals surface area (Å²) in [6.45, 7) is 11.2. The van der Waals surface area contributed by atoms with Crippen molar-refractivity contribution < 1.29 is 0 Å². The molecule has 3 nitrogen and oxygen atoms in total. The molecule has 0 saturated carbocycles. The normalized spacial score (nSPS) is 10.3. The first-order valence-corrected chi connectivity index (χ1v) is 6.78. The highest BCUT2D eigenvalue weighted by atomic mass is 15.1. The van der Waals surface area contributed by atoms with Crippen molar-refractivity contribution in [3.05, 3.63) is 77.4 Å². The zero-order valence-corrected chi connectivity index (χ0v) is 12.0. The lowest BCUT2D eigenvalue weighted by Gasteiger charge is -2.14. The van der Waals surface area contributed by atoms with E-state index >= 15 is 0 Å². The van der Waals surface area contributed by atoms with Crippen molar-refractivity contribution in [2.75, 3.05) is 0 Å². The smallest absolute Gasteiger partial charge is 0.187 e. The van der Waals surface area contributed by atoms with Crippen molar-refractivity contribution in [3.63, 3.8) is 0 Å². The Balaban J connectivity index is 2.20. The van der Waals surface area contributed by atoms with E-state index in [1.54, 1.807) is 0 Å². The Morgan fingerprint density at radius 1 is 1.05 bits per heavy atom. The standard InChI is InChI=1S/C18H15N3/c1-13-11-16(19-3)12-14(2)17(13)21-10-9-20-18(21)15-7-5-4-6-8-15/h4-12H,1-2H3. The molecule has 0 amide bonds. The number of hydrogen-bond acceptors (Lipinski definition) is 1. The maximum atomic E-state index is 7.16. The number of aromatic nitrogens is 2. The van der Waals surface area contributed by atoms with Gasteiger partial charge in [0.1, 0.15) is 5.82 Å². The fraction of sp³-hybridized carbons (Fsp3) is 0.111. The first kappa shape index (κ1) is 13.1. The van der Waals surface area contributed by atoms with Crippen LogP contribution in [0.4, 0.5) is 5.69 Å². The molecule has 3 aromatic rings. The number of nitrogens with zero attached hydrogens (tertiary/aromatic N) is 3. The van der Waals surface area contributed by atoms with Crippen LogP contribution in [-0.4, -0.2) is 9.55 Å². The molecule has 0 fully saturated rings. The summed E-state index contributed by atoms with van der Waals surface area (Å²) in [4.78, 5) is 8.01. The molecule has 0 radical (unpaired) electrons. The molecular formula is C18H15N3. The minimum absolute atomic E-state index is 0.676. The average molecular weight is 273 g/mol. The molecule has 0 unspecified atom stereocenters. The second-order valence-electron chi connectivity index (χ2n) is 5.03. The van der Waals surface area contributed by atoms with Gasteiger partial charge in [-0.3, -0.25) is 4.57 Å². The van der Waals surface area contributed by atoms with Gasteiger partial charge in [0.2, 0.25) is 0 Å². The fourth-order valence-corrected chi connectivity index (χ4v) is 2.66. The Morgan fingerprint density at radius 2 is 1.71 bits per heavy atom. The summed E-state index contributed by atoms with van der Waals surface area (Å²) in [6, 6.07) is 14.0. The Morgan fingerprint density at radius 3 is 2.33 bits per heavy atom. The summed E-state index contributed by atoms with van der Waals surface area (Å²) in [5, 5.41) is 0. The predicted molar refractivity (Wildman–Crippen MR) is 84.7 cm³/mol. The summed E-state index contributed by atoms with van der Waals surface area (Å²) in [5.74, 6) is 0.914. The van der Waals surface area contributed by atoms with Crippen LogP contribution < -0.4 is 0 Å². The van der Waals surface area contributed by atoms with Crippen LogP contribution in [0.15, 0.2) is 54.9 Å². The molecule has 1 aromatic heterocycles. The molecule has 21 heavy (non-hydrogen) atoms. The van der Waals surface area contributed by atoms with Gasteiger partial charge in [-0.2, -0.15) is 0 Å². The van der Waals surface area contributed by atoms with Gasteiger partial charge in [-0.25, -0.2) is 9.83 Å². The van der Waals surface area contributed by atoms with Crippen molar-refractivity contribution >= 4 is 5.69 Å². The summed E-state index contributed by atoms with van der Waals surface area (Å²) in [7, 11) is 0. The van der Waals surface area contributed by atoms with Crippen molar-refractivity contribution in [2.45, 2.75) is 13.8 Å². The molecule has 0 saturated heterocycles. The van der Waals surface area contributed by atoms with Gasteiger partial charge in [-0.05, 0) is 25.0 Å². The lowest BCUT2D eigenvalue weighted by Crippen LogP contribution is -2.01. The Labute approximate surface area is 124 Å². The highest BCUT2D eigenvalue weighted by Gasteiger charge is 2.12. The molecule has 3 heteroatoms. The average Bonchev–Trinajstić information content (AvgIpc) is 2.96. The van der Waals surface area contributed by atoms with Gasteiger partial charge in [0, 0.05) is 18.0 Å².